The standard InChI is InChI=1S/C8H8N2O2.ClH/c11-8(12)6-4-5(6)7-9-2-1-3-10-7;/h1-3,5-6H,4H2,(H,11,12);1H. The molecular weight excluding hydrogens is 192 g/mol. The Morgan fingerprint density at radius 3 is 2.54 bits per heavy atom. The number of hydrogen-bond donors (Lipinski definition) is 1. The van der Waals surface area contributed by atoms with Crippen LogP contribution >= 0.6 is 12.4 Å². The highest BCUT2D eigenvalue weighted by molar-refractivity contribution is 5.85. The molecule has 0 radical (unpaired) electrons. The highest BCUT2D eigenvalue weighted by Gasteiger charge is 2.46. The van der Waals surface area contributed by atoms with E-state index >= 15 is 0 Å². The average molecular weight is 201 g/mol. The monoisotopic (exact) mass is 200 g/mol. The largest absolute Gasteiger partial charge is 0.481 e. The zero-order chi connectivity index (χ0) is 8.55. The van der Waals surface area contributed by atoms with Gasteiger partial charge in [-0.25, -0.2) is 9.97 Å². The second-order valence-electron chi connectivity index (χ2n) is 2.89. The summed E-state index contributed by atoms with van der Waals surface area (Å²) in [5.74, 6) is -0.298. The minimum atomic E-state index is -0.743. The number of aromatic nitrogens is 2. The van der Waals surface area contributed by atoms with Gasteiger partial charge in [0, 0.05) is 18.3 Å². The Balaban J connectivity index is 0.000000845. The van der Waals surface area contributed by atoms with Crippen molar-refractivity contribution in [1.29, 1.82) is 0 Å². The van der Waals surface area contributed by atoms with Gasteiger partial charge in [-0.15, -0.1) is 12.4 Å². The summed E-state index contributed by atoms with van der Waals surface area (Å²) in [7, 11) is 0. The van der Waals surface area contributed by atoms with E-state index in [4.69, 9.17) is 5.11 Å². The normalized spacial score (nSPS) is 24.6. The predicted octanol–water partition coefficient (Wildman–Crippen LogP) is 1.09. The predicted molar refractivity (Wildman–Crippen MR) is 47.8 cm³/mol. The fraction of sp³-hybridized carbons (Fsp3) is 0.375. The van der Waals surface area contributed by atoms with Gasteiger partial charge in [0.25, 0.3) is 0 Å². The molecule has 1 aromatic rings. The Bertz CT molecular complexity index is 304. The molecule has 0 spiro atoms. The van der Waals surface area contributed by atoms with Gasteiger partial charge in [0.2, 0.25) is 0 Å². The molecule has 1 saturated carbocycles. The third kappa shape index (κ3) is 1.95. The molecule has 0 amide bonds. The third-order valence-electron chi connectivity index (χ3n) is 2.03. The van der Waals surface area contributed by atoms with Crippen LogP contribution in [0.4, 0.5) is 0 Å². The molecule has 2 rings (SSSR count). The first-order chi connectivity index (χ1) is 5.79. The Labute approximate surface area is 81.4 Å². The molecule has 0 aliphatic heterocycles. The van der Waals surface area contributed by atoms with Gasteiger partial charge in [-0.3, -0.25) is 4.79 Å². The van der Waals surface area contributed by atoms with Crippen molar-refractivity contribution >= 4 is 18.4 Å². The molecule has 1 N–H and O–H groups in total. The van der Waals surface area contributed by atoms with E-state index in [1.54, 1.807) is 18.5 Å². The summed E-state index contributed by atoms with van der Waals surface area (Å²) in [5.41, 5.74) is 0. The van der Waals surface area contributed by atoms with Crippen molar-refractivity contribution in [1.82, 2.24) is 9.97 Å². The van der Waals surface area contributed by atoms with Crippen molar-refractivity contribution in [2.45, 2.75) is 12.3 Å². The number of aliphatic carboxylic acids is 1. The molecule has 2 unspecified atom stereocenters. The molecule has 1 fully saturated rings. The van der Waals surface area contributed by atoms with E-state index in [1.165, 1.54) is 0 Å². The summed E-state index contributed by atoms with van der Waals surface area (Å²) >= 11 is 0. The summed E-state index contributed by atoms with van der Waals surface area (Å²) in [5, 5.41) is 8.63. The van der Waals surface area contributed by atoms with Crippen molar-refractivity contribution in [2.75, 3.05) is 0 Å². The van der Waals surface area contributed by atoms with Gasteiger partial charge in [0.15, 0.2) is 0 Å². The average Bonchev–Trinajstić information content (AvgIpc) is 2.84. The Hall–Kier alpha value is -1.16. The van der Waals surface area contributed by atoms with Crippen LogP contribution in [-0.4, -0.2) is 21.0 Å². The lowest BCUT2D eigenvalue weighted by molar-refractivity contribution is -0.138. The molecular formula is C8H9ClN2O2. The summed E-state index contributed by atoms with van der Waals surface area (Å²) < 4.78 is 0. The number of halogens is 1. The first kappa shape index (κ1) is 9.92. The summed E-state index contributed by atoms with van der Waals surface area (Å²) in [6.45, 7) is 0. The minimum Gasteiger partial charge on any atom is -0.481 e. The Morgan fingerprint density at radius 2 is 2.08 bits per heavy atom. The first-order valence-electron chi connectivity index (χ1n) is 3.79. The van der Waals surface area contributed by atoms with Gasteiger partial charge < -0.3 is 5.11 Å². The molecule has 5 heteroatoms. The van der Waals surface area contributed by atoms with Crippen LogP contribution < -0.4 is 0 Å². The lowest BCUT2D eigenvalue weighted by Crippen LogP contribution is -2.00. The van der Waals surface area contributed by atoms with E-state index in [-0.39, 0.29) is 24.2 Å². The van der Waals surface area contributed by atoms with Gasteiger partial charge in [-0.2, -0.15) is 0 Å². The summed E-state index contributed by atoms with van der Waals surface area (Å²) in [4.78, 5) is 18.5. The highest BCUT2D eigenvalue weighted by atomic mass is 35.5. The van der Waals surface area contributed by atoms with E-state index in [2.05, 4.69) is 9.97 Å². The number of carboxylic acid groups (broad SMARTS) is 1. The molecule has 0 bridgehead atoms. The van der Waals surface area contributed by atoms with Crippen LogP contribution in [0.15, 0.2) is 18.5 Å². The van der Waals surface area contributed by atoms with Gasteiger partial charge in [0.05, 0.1) is 5.92 Å². The highest BCUT2D eigenvalue weighted by Crippen LogP contribution is 2.45. The first-order valence-corrected chi connectivity index (χ1v) is 3.79. The zero-order valence-corrected chi connectivity index (χ0v) is 7.57. The fourth-order valence-corrected chi connectivity index (χ4v) is 1.26. The molecule has 1 aliphatic rings. The number of hydrogen-bond acceptors (Lipinski definition) is 3. The van der Waals surface area contributed by atoms with E-state index in [9.17, 15) is 4.79 Å². The molecule has 1 heterocycles. The lowest BCUT2D eigenvalue weighted by atomic mass is 10.3. The van der Waals surface area contributed by atoms with Crippen molar-refractivity contribution in [3.8, 4) is 0 Å². The van der Waals surface area contributed by atoms with Crippen molar-refractivity contribution < 1.29 is 9.90 Å². The third-order valence-corrected chi connectivity index (χ3v) is 2.03. The lowest BCUT2D eigenvalue weighted by Gasteiger charge is -1.93. The second kappa shape index (κ2) is 3.70. The van der Waals surface area contributed by atoms with Crippen LogP contribution in [0.2, 0.25) is 0 Å². The molecule has 1 aliphatic carbocycles. The maximum absolute atomic E-state index is 10.5. The number of nitrogens with zero attached hydrogens (tertiary/aromatic N) is 2. The Morgan fingerprint density at radius 1 is 1.46 bits per heavy atom. The second-order valence-corrected chi connectivity index (χ2v) is 2.89. The molecule has 4 nitrogen and oxygen atoms in total. The molecule has 1 aromatic heterocycles. The van der Waals surface area contributed by atoms with Gasteiger partial charge in [-0.05, 0) is 12.5 Å². The number of rotatable bonds is 2. The van der Waals surface area contributed by atoms with Crippen LogP contribution in [0.1, 0.15) is 18.2 Å². The Kier molecular flexibility index (Phi) is 2.83. The quantitative estimate of drug-likeness (QED) is 0.776. The van der Waals surface area contributed by atoms with Gasteiger partial charge in [-0.1, -0.05) is 0 Å². The van der Waals surface area contributed by atoms with Crippen molar-refractivity contribution in [3.05, 3.63) is 24.3 Å². The van der Waals surface area contributed by atoms with E-state index in [1.807, 2.05) is 0 Å². The van der Waals surface area contributed by atoms with E-state index in [0.29, 0.717) is 12.2 Å². The van der Waals surface area contributed by atoms with Crippen LogP contribution in [-0.2, 0) is 4.79 Å². The van der Waals surface area contributed by atoms with E-state index in [0.717, 1.165) is 0 Å². The SMILES string of the molecule is Cl.O=C(O)C1CC1c1ncccn1. The maximum atomic E-state index is 10.5. The maximum Gasteiger partial charge on any atom is 0.307 e. The van der Waals surface area contributed by atoms with Crippen molar-refractivity contribution in [2.24, 2.45) is 5.92 Å². The van der Waals surface area contributed by atoms with Gasteiger partial charge in [0.1, 0.15) is 5.82 Å². The number of carbonyl (C=O) groups is 1. The van der Waals surface area contributed by atoms with Crippen LogP contribution in [0.3, 0.4) is 0 Å². The topological polar surface area (TPSA) is 63.1 Å². The zero-order valence-electron chi connectivity index (χ0n) is 6.75. The van der Waals surface area contributed by atoms with Crippen LogP contribution in [0.5, 0.6) is 0 Å². The van der Waals surface area contributed by atoms with Crippen LogP contribution in [0, 0.1) is 5.92 Å². The van der Waals surface area contributed by atoms with Gasteiger partial charge >= 0.3 is 5.97 Å². The smallest absolute Gasteiger partial charge is 0.307 e. The van der Waals surface area contributed by atoms with Crippen molar-refractivity contribution in [3.63, 3.8) is 0 Å². The molecule has 0 saturated heterocycles. The number of carboxylic acids is 1. The molecule has 0 aromatic carbocycles. The minimum absolute atomic E-state index is 0. The molecule has 70 valence electrons. The summed E-state index contributed by atoms with van der Waals surface area (Å²) in [6.07, 6.45) is 3.96. The van der Waals surface area contributed by atoms with E-state index < -0.39 is 5.97 Å². The fourth-order valence-electron chi connectivity index (χ4n) is 1.26. The van der Waals surface area contributed by atoms with Crippen LogP contribution in [0.25, 0.3) is 0 Å². The molecule has 13 heavy (non-hydrogen) atoms. The molecule has 2 atom stereocenters. The summed E-state index contributed by atoms with van der Waals surface area (Å²) in [6, 6.07) is 1.72.